The molecule has 0 aliphatic heterocycles. The van der Waals surface area contributed by atoms with E-state index in [1.54, 1.807) is 18.2 Å². The molecular formula is C24H33ClN2O6S. The highest BCUT2D eigenvalue weighted by Crippen LogP contribution is 2.29. The van der Waals surface area contributed by atoms with Gasteiger partial charge >= 0.3 is 5.97 Å². The van der Waals surface area contributed by atoms with Gasteiger partial charge in [-0.25, -0.2) is 13.4 Å². The van der Waals surface area contributed by atoms with Crippen LogP contribution in [0.3, 0.4) is 0 Å². The summed E-state index contributed by atoms with van der Waals surface area (Å²) in [4.78, 5) is 16.1. The van der Waals surface area contributed by atoms with Gasteiger partial charge in [-0.1, -0.05) is 6.92 Å². The van der Waals surface area contributed by atoms with Gasteiger partial charge in [0.05, 0.1) is 18.1 Å². The molecule has 1 aromatic heterocycles. The quantitative estimate of drug-likeness (QED) is 0.466. The number of pyridine rings is 1. The second kappa shape index (κ2) is 13.0. The molecule has 0 radical (unpaired) electrons. The summed E-state index contributed by atoms with van der Waals surface area (Å²) in [5, 5.41) is 12.8. The first-order valence-electron chi connectivity index (χ1n) is 11.3. The van der Waals surface area contributed by atoms with Crippen molar-refractivity contribution in [3.8, 4) is 5.75 Å². The Bertz CT molecular complexity index is 1020. The molecule has 8 nitrogen and oxygen atoms in total. The summed E-state index contributed by atoms with van der Waals surface area (Å²) in [6.45, 7) is 3.04. The number of sulfone groups is 1. The van der Waals surface area contributed by atoms with E-state index in [2.05, 4.69) is 17.2 Å². The molecule has 1 aliphatic carbocycles. The monoisotopic (exact) mass is 512 g/mol. The lowest BCUT2D eigenvalue weighted by Gasteiger charge is -2.32. The van der Waals surface area contributed by atoms with Crippen LogP contribution >= 0.6 is 12.4 Å². The van der Waals surface area contributed by atoms with Gasteiger partial charge in [0.2, 0.25) is 9.84 Å². The first kappa shape index (κ1) is 28.0. The van der Waals surface area contributed by atoms with Crippen molar-refractivity contribution in [2.24, 2.45) is 5.92 Å². The molecule has 0 spiro atoms. The van der Waals surface area contributed by atoms with Crippen LogP contribution in [-0.2, 0) is 25.9 Å². The van der Waals surface area contributed by atoms with E-state index in [9.17, 15) is 18.3 Å². The lowest BCUT2D eigenvalue weighted by molar-refractivity contribution is -0.141. The van der Waals surface area contributed by atoms with E-state index in [1.807, 2.05) is 0 Å². The summed E-state index contributed by atoms with van der Waals surface area (Å²) >= 11 is 0. The van der Waals surface area contributed by atoms with Gasteiger partial charge in [0.1, 0.15) is 11.8 Å². The average molecular weight is 513 g/mol. The Balaban J connectivity index is 0.00000408. The van der Waals surface area contributed by atoms with E-state index < -0.39 is 21.8 Å². The molecule has 1 saturated carbocycles. The third kappa shape index (κ3) is 7.15. The normalized spacial score (nSPS) is 19.1. The molecule has 2 N–H and O–H groups in total. The number of carbonyl (C=O) groups is 1. The van der Waals surface area contributed by atoms with Gasteiger partial charge < -0.3 is 19.9 Å². The van der Waals surface area contributed by atoms with E-state index in [0.29, 0.717) is 11.3 Å². The number of ether oxygens (including phenoxy) is 2. The number of nitrogens with one attached hydrogen (secondary N) is 1. The molecule has 1 atom stereocenters. The number of aliphatic carboxylic acids is 1. The summed E-state index contributed by atoms with van der Waals surface area (Å²) in [6.07, 6.45) is 5.89. The minimum Gasteiger partial charge on any atom is -0.497 e. The number of benzene rings is 1. The smallest absolute Gasteiger partial charge is 0.320 e. The van der Waals surface area contributed by atoms with Gasteiger partial charge in [0.25, 0.3) is 0 Å². The third-order valence-corrected chi connectivity index (χ3v) is 7.65. The van der Waals surface area contributed by atoms with Crippen LogP contribution in [0.25, 0.3) is 0 Å². The lowest BCUT2D eigenvalue weighted by atomic mass is 9.82. The Kier molecular flexibility index (Phi) is 10.8. The fourth-order valence-corrected chi connectivity index (χ4v) is 5.38. The summed E-state index contributed by atoms with van der Waals surface area (Å²) in [6, 6.07) is 8.58. The molecule has 0 amide bonds. The molecule has 3 rings (SSSR count). The van der Waals surface area contributed by atoms with Gasteiger partial charge in [-0.3, -0.25) is 4.79 Å². The van der Waals surface area contributed by atoms with Crippen LogP contribution < -0.4 is 10.1 Å². The number of nitrogens with zero attached hydrogens (tertiary/aromatic N) is 1. The minimum atomic E-state index is -3.80. The molecule has 0 bridgehead atoms. The van der Waals surface area contributed by atoms with Crippen molar-refractivity contribution in [1.82, 2.24) is 10.3 Å². The van der Waals surface area contributed by atoms with E-state index in [0.717, 1.165) is 38.7 Å². The molecule has 0 saturated heterocycles. The standard InChI is InChI=1S/C24H32N2O6S.ClH/c1-3-14-32-20-6-4-18(5-7-20)23(24(27)28)26-16-17-12-13-25-22(15-17)33(29,30)21-10-8-19(31-2)9-11-21;/h8-13,15,18,20,23,26H,3-7,14,16H2,1-2H3,(H,27,28);1H/t18?,20?,23-;/m1./s1. The molecule has 0 unspecified atom stereocenters. The molecule has 10 heteroatoms. The SMILES string of the molecule is CCCOC1CCC([C@@H](NCc2ccnc(S(=O)(=O)c3ccc(OC)cc3)c2)C(=O)O)CC1.Cl. The number of hydrogen-bond donors (Lipinski definition) is 2. The van der Waals surface area contributed by atoms with Crippen LogP contribution in [0.15, 0.2) is 52.5 Å². The first-order valence-corrected chi connectivity index (χ1v) is 12.7. The van der Waals surface area contributed by atoms with Crippen molar-refractivity contribution in [3.05, 3.63) is 48.2 Å². The van der Waals surface area contributed by atoms with Gasteiger partial charge in [0.15, 0.2) is 5.03 Å². The maximum absolute atomic E-state index is 13.0. The maximum Gasteiger partial charge on any atom is 0.320 e. The van der Waals surface area contributed by atoms with Gasteiger partial charge in [-0.15, -0.1) is 12.4 Å². The largest absolute Gasteiger partial charge is 0.497 e. The number of hydrogen-bond acceptors (Lipinski definition) is 7. The average Bonchev–Trinajstić information content (AvgIpc) is 2.83. The van der Waals surface area contributed by atoms with Crippen LogP contribution in [0.2, 0.25) is 0 Å². The Morgan fingerprint density at radius 1 is 1.18 bits per heavy atom. The summed E-state index contributed by atoms with van der Waals surface area (Å²) < 4.78 is 36.8. The fourth-order valence-electron chi connectivity index (χ4n) is 4.14. The molecule has 1 fully saturated rings. The molecule has 188 valence electrons. The van der Waals surface area contributed by atoms with Crippen molar-refractivity contribution in [2.45, 2.75) is 67.6 Å². The molecular weight excluding hydrogens is 480 g/mol. The van der Waals surface area contributed by atoms with Crippen molar-refractivity contribution >= 4 is 28.2 Å². The van der Waals surface area contributed by atoms with E-state index >= 15 is 0 Å². The fraction of sp³-hybridized carbons (Fsp3) is 0.500. The van der Waals surface area contributed by atoms with E-state index in [1.165, 1.54) is 31.5 Å². The van der Waals surface area contributed by atoms with Crippen molar-refractivity contribution in [2.75, 3.05) is 13.7 Å². The minimum absolute atomic E-state index is 0. The Labute approximate surface area is 207 Å². The highest BCUT2D eigenvalue weighted by molar-refractivity contribution is 7.91. The van der Waals surface area contributed by atoms with Crippen LogP contribution in [0.4, 0.5) is 0 Å². The number of halogens is 1. The van der Waals surface area contributed by atoms with Crippen LogP contribution in [0.5, 0.6) is 5.75 Å². The van der Waals surface area contributed by atoms with Gasteiger partial charge in [-0.2, -0.15) is 0 Å². The van der Waals surface area contributed by atoms with E-state index in [4.69, 9.17) is 9.47 Å². The van der Waals surface area contributed by atoms with E-state index in [-0.39, 0.29) is 40.9 Å². The highest BCUT2D eigenvalue weighted by atomic mass is 35.5. The van der Waals surface area contributed by atoms with Crippen molar-refractivity contribution in [1.29, 1.82) is 0 Å². The first-order chi connectivity index (χ1) is 15.8. The molecule has 2 aromatic rings. The molecule has 1 aliphatic rings. The third-order valence-electron chi connectivity index (χ3n) is 5.98. The zero-order valence-corrected chi connectivity index (χ0v) is 21.1. The van der Waals surface area contributed by atoms with Crippen molar-refractivity contribution < 1.29 is 27.8 Å². The Morgan fingerprint density at radius 3 is 2.44 bits per heavy atom. The molecule has 1 aromatic carbocycles. The second-order valence-electron chi connectivity index (χ2n) is 8.29. The summed E-state index contributed by atoms with van der Waals surface area (Å²) in [5.74, 6) is -0.327. The summed E-state index contributed by atoms with van der Waals surface area (Å²) in [7, 11) is -2.29. The second-order valence-corrected chi connectivity index (χ2v) is 10.2. The van der Waals surface area contributed by atoms with Crippen LogP contribution in [-0.4, -0.2) is 50.3 Å². The molecule has 1 heterocycles. The Morgan fingerprint density at radius 2 is 1.85 bits per heavy atom. The zero-order chi connectivity index (χ0) is 23.8. The highest BCUT2D eigenvalue weighted by Gasteiger charge is 2.32. The van der Waals surface area contributed by atoms with Crippen LogP contribution in [0.1, 0.15) is 44.6 Å². The number of rotatable bonds is 11. The number of methoxy groups -OCH3 is 1. The molecule has 34 heavy (non-hydrogen) atoms. The van der Waals surface area contributed by atoms with Crippen LogP contribution in [0, 0.1) is 5.92 Å². The lowest BCUT2D eigenvalue weighted by Crippen LogP contribution is -2.44. The van der Waals surface area contributed by atoms with Crippen molar-refractivity contribution in [3.63, 3.8) is 0 Å². The maximum atomic E-state index is 13.0. The topological polar surface area (TPSA) is 115 Å². The summed E-state index contributed by atoms with van der Waals surface area (Å²) in [5.41, 5.74) is 0.656. The Hall–Kier alpha value is -2.20. The number of carboxylic acid groups (broad SMARTS) is 1. The number of aromatic nitrogens is 1. The van der Waals surface area contributed by atoms with Gasteiger partial charge in [0, 0.05) is 19.3 Å². The predicted octanol–water partition coefficient (Wildman–Crippen LogP) is 3.87. The van der Waals surface area contributed by atoms with Gasteiger partial charge in [-0.05, 0) is 80.0 Å². The number of carboxylic acids is 1. The zero-order valence-electron chi connectivity index (χ0n) is 19.5. The predicted molar refractivity (Wildman–Crippen MR) is 130 cm³/mol.